The van der Waals surface area contributed by atoms with Gasteiger partial charge in [0.1, 0.15) is 15.8 Å². The molecule has 2 heterocycles. The van der Waals surface area contributed by atoms with Crippen molar-refractivity contribution in [1.82, 2.24) is 9.97 Å². The fourth-order valence-corrected chi connectivity index (χ4v) is 3.43. The summed E-state index contributed by atoms with van der Waals surface area (Å²) < 4.78 is 0.604. The van der Waals surface area contributed by atoms with E-state index in [0.29, 0.717) is 21.8 Å². The third-order valence-corrected chi connectivity index (χ3v) is 5.06. The summed E-state index contributed by atoms with van der Waals surface area (Å²) in [6.45, 7) is 3.73. The Hall–Kier alpha value is -1.34. The van der Waals surface area contributed by atoms with Gasteiger partial charge in [-0.2, -0.15) is 0 Å². The first-order valence-corrected chi connectivity index (χ1v) is 7.72. The van der Waals surface area contributed by atoms with Crippen molar-refractivity contribution in [3.63, 3.8) is 0 Å². The lowest BCUT2D eigenvalue weighted by molar-refractivity contribution is -0.137. The normalized spacial score (nSPS) is 13.0. The Kier molecular flexibility index (Phi) is 4.26. The Morgan fingerprint density at radius 2 is 2.32 bits per heavy atom. The molecule has 2 N–H and O–H groups in total. The lowest BCUT2D eigenvalue weighted by atomic mass is 10.1. The average Bonchev–Trinajstić information content (AvgIpc) is 2.76. The zero-order valence-electron chi connectivity index (χ0n) is 10.5. The Balaban J connectivity index is 2.17. The van der Waals surface area contributed by atoms with E-state index >= 15 is 0 Å². The number of nitrogens with zero attached hydrogens (tertiary/aromatic N) is 1. The molecule has 5 nitrogen and oxygen atoms in total. The molecule has 102 valence electrons. The summed E-state index contributed by atoms with van der Waals surface area (Å²) in [6.07, 6.45) is 0. The van der Waals surface area contributed by atoms with Gasteiger partial charge < -0.3 is 10.1 Å². The number of aliphatic carboxylic acids is 1. The summed E-state index contributed by atoms with van der Waals surface area (Å²) in [5.41, 5.74) is 0.507. The van der Waals surface area contributed by atoms with Crippen molar-refractivity contribution in [2.45, 2.75) is 24.9 Å². The van der Waals surface area contributed by atoms with E-state index in [9.17, 15) is 9.59 Å². The molecule has 2 aromatic heterocycles. The summed E-state index contributed by atoms with van der Waals surface area (Å²) >= 11 is 2.63. The van der Waals surface area contributed by atoms with Gasteiger partial charge in [0.25, 0.3) is 5.56 Å². The van der Waals surface area contributed by atoms with Crippen LogP contribution in [0.15, 0.2) is 16.2 Å². The molecule has 0 aliphatic rings. The van der Waals surface area contributed by atoms with Crippen LogP contribution in [0.1, 0.15) is 19.7 Å². The highest BCUT2D eigenvalue weighted by Crippen LogP contribution is 2.23. The van der Waals surface area contributed by atoms with Crippen LogP contribution in [0.25, 0.3) is 10.2 Å². The number of carboxylic acid groups (broad SMARTS) is 1. The van der Waals surface area contributed by atoms with Crippen molar-refractivity contribution >= 4 is 39.3 Å². The Labute approximate surface area is 118 Å². The number of H-pyrrole nitrogens is 1. The van der Waals surface area contributed by atoms with E-state index in [1.165, 1.54) is 23.1 Å². The summed E-state index contributed by atoms with van der Waals surface area (Å²) in [4.78, 5) is 29.9. The minimum atomic E-state index is -0.834. The zero-order chi connectivity index (χ0) is 14.0. The highest BCUT2D eigenvalue weighted by atomic mass is 32.2. The molecule has 0 aromatic carbocycles. The number of hydrogen-bond donors (Lipinski definition) is 2. The number of hydrogen-bond acceptors (Lipinski definition) is 5. The van der Waals surface area contributed by atoms with Crippen molar-refractivity contribution < 1.29 is 9.90 Å². The predicted molar refractivity (Wildman–Crippen MR) is 77.8 cm³/mol. The maximum atomic E-state index is 11.8. The van der Waals surface area contributed by atoms with E-state index in [2.05, 4.69) is 9.97 Å². The van der Waals surface area contributed by atoms with Crippen molar-refractivity contribution in [1.29, 1.82) is 0 Å². The topological polar surface area (TPSA) is 83.0 Å². The van der Waals surface area contributed by atoms with Gasteiger partial charge in [-0.15, -0.1) is 23.1 Å². The second kappa shape index (κ2) is 5.75. The van der Waals surface area contributed by atoms with Crippen LogP contribution in [0.4, 0.5) is 0 Å². The van der Waals surface area contributed by atoms with Crippen LogP contribution in [-0.2, 0) is 10.5 Å². The van der Waals surface area contributed by atoms with E-state index in [0.717, 1.165) is 0 Å². The molecule has 7 heteroatoms. The molecule has 0 aliphatic heterocycles. The van der Waals surface area contributed by atoms with Gasteiger partial charge in [0.15, 0.2) is 0 Å². The van der Waals surface area contributed by atoms with Gasteiger partial charge in [0, 0.05) is 0 Å². The lowest BCUT2D eigenvalue weighted by Gasteiger charge is -2.14. The number of aromatic nitrogens is 2. The van der Waals surface area contributed by atoms with E-state index in [-0.39, 0.29) is 11.5 Å². The molecule has 0 saturated heterocycles. The molecule has 0 aliphatic carbocycles. The second-order valence-corrected chi connectivity index (χ2v) is 6.51. The lowest BCUT2D eigenvalue weighted by Crippen LogP contribution is -2.23. The summed E-state index contributed by atoms with van der Waals surface area (Å²) in [6, 6.07) is 1.79. The van der Waals surface area contributed by atoms with E-state index in [1.54, 1.807) is 6.07 Å². The van der Waals surface area contributed by atoms with Gasteiger partial charge in [-0.25, -0.2) is 4.98 Å². The summed E-state index contributed by atoms with van der Waals surface area (Å²) in [7, 11) is 0. The van der Waals surface area contributed by atoms with Crippen molar-refractivity contribution in [2.24, 2.45) is 5.92 Å². The smallest absolute Gasteiger partial charge is 0.316 e. The number of rotatable bonds is 5. The number of nitrogens with one attached hydrogen (secondary N) is 1. The molecule has 0 bridgehead atoms. The minimum absolute atomic E-state index is 0.0269. The van der Waals surface area contributed by atoms with Crippen LogP contribution in [0.2, 0.25) is 0 Å². The predicted octanol–water partition coefficient (Wildman–Crippen LogP) is 2.33. The maximum absolute atomic E-state index is 11.8. The first-order chi connectivity index (χ1) is 8.99. The molecule has 0 radical (unpaired) electrons. The molecule has 0 saturated carbocycles. The van der Waals surface area contributed by atoms with Crippen molar-refractivity contribution in [2.75, 3.05) is 0 Å². The number of carbonyl (C=O) groups is 1. The molecule has 2 aromatic rings. The fraction of sp³-hybridized carbons (Fsp3) is 0.417. The first-order valence-electron chi connectivity index (χ1n) is 5.80. The highest BCUT2D eigenvalue weighted by molar-refractivity contribution is 7.99. The van der Waals surface area contributed by atoms with Gasteiger partial charge in [0.05, 0.1) is 11.3 Å². The van der Waals surface area contributed by atoms with Gasteiger partial charge in [-0.05, 0) is 17.4 Å². The molecule has 1 atom stereocenters. The van der Waals surface area contributed by atoms with Gasteiger partial charge in [-0.3, -0.25) is 9.59 Å². The molecule has 19 heavy (non-hydrogen) atoms. The number of thioether (sulfide) groups is 1. The van der Waals surface area contributed by atoms with Crippen molar-refractivity contribution in [3.8, 4) is 0 Å². The zero-order valence-corrected chi connectivity index (χ0v) is 12.2. The van der Waals surface area contributed by atoms with E-state index < -0.39 is 11.2 Å². The molecular formula is C12H14N2O3S2. The monoisotopic (exact) mass is 298 g/mol. The Morgan fingerprint density at radius 3 is 2.95 bits per heavy atom. The quantitative estimate of drug-likeness (QED) is 0.885. The van der Waals surface area contributed by atoms with Crippen LogP contribution < -0.4 is 5.56 Å². The summed E-state index contributed by atoms with van der Waals surface area (Å²) in [5, 5.41) is 10.4. The number of thiophene rings is 1. The second-order valence-electron chi connectivity index (χ2n) is 4.46. The minimum Gasteiger partial charge on any atom is -0.480 e. The van der Waals surface area contributed by atoms with Crippen LogP contribution in [0.5, 0.6) is 0 Å². The first kappa shape index (κ1) is 14.1. The largest absolute Gasteiger partial charge is 0.480 e. The molecule has 0 amide bonds. The molecular weight excluding hydrogens is 284 g/mol. The Morgan fingerprint density at radius 1 is 1.58 bits per heavy atom. The van der Waals surface area contributed by atoms with Crippen LogP contribution in [0, 0.1) is 5.92 Å². The number of carboxylic acids is 1. The number of aromatic amines is 1. The maximum Gasteiger partial charge on any atom is 0.316 e. The SMILES string of the molecule is CC(C)C(SCc1nc2ccsc2c(=O)[nH]1)C(=O)O. The van der Waals surface area contributed by atoms with Crippen LogP contribution in [0.3, 0.4) is 0 Å². The van der Waals surface area contributed by atoms with E-state index in [1.807, 2.05) is 19.2 Å². The number of fused-ring (bicyclic) bond motifs is 1. The Bertz CT molecular complexity index is 648. The molecule has 0 fully saturated rings. The van der Waals surface area contributed by atoms with Crippen molar-refractivity contribution in [3.05, 3.63) is 27.6 Å². The summed E-state index contributed by atoms with van der Waals surface area (Å²) in [5.74, 6) is 0.0989. The molecule has 1 unspecified atom stereocenters. The van der Waals surface area contributed by atoms with Gasteiger partial charge in [0.2, 0.25) is 0 Å². The fourth-order valence-electron chi connectivity index (χ4n) is 1.71. The average molecular weight is 298 g/mol. The van der Waals surface area contributed by atoms with Crippen LogP contribution in [-0.4, -0.2) is 26.3 Å². The third-order valence-electron chi connectivity index (χ3n) is 2.61. The molecule has 0 spiro atoms. The third kappa shape index (κ3) is 3.16. The molecule has 2 rings (SSSR count). The standard InChI is InChI=1S/C12H14N2O3S2/c1-6(2)9(12(16)17)19-5-8-13-7-3-4-18-10(7)11(15)14-8/h3-4,6,9H,5H2,1-2H3,(H,16,17)(H,13,14,15). The van der Waals surface area contributed by atoms with Gasteiger partial charge in [-0.1, -0.05) is 13.8 Å². The van der Waals surface area contributed by atoms with E-state index in [4.69, 9.17) is 5.11 Å². The highest BCUT2D eigenvalue weighted by Gasteiger charge is 2.22. The van der Waals surface area contributed by atoms with Crippen LogP contribution >= 0.6 is 23.1 Å². The van der Waals surface area contributed by atoms with Gasteiger partial charge >= 0.3 is 5.97 Å².